The first kappa shape index (κ1) is 16.0. The standard InChI is InChI=1S/C9H14N2O.2ClH/c1-12-9-4-2-3-8(7-9)5-6-11-10;;/h2-4,7,11H,5-6,10H2,1H3;2*1H. The van der Waals surface area contributed by atoms with E-state index in [1.165, 1.54) is 5.56 Å². The number of nitrogens with two attached hydrogens (primary N) is 1. The van der Waals surface area contributed by atoms with E-state index in [0.717, 1.165) is 18.7 Å². The molecule has 0 aliphatic rings. The van der Waals surface area contributed by atoms with Crippen LogP contribution in [0.1, 0.15) is 5.56 Å². The first-order valence-electron chi connectivity index (χ1n) is 3.93. The predicted molar refractivity (Wildman–Crippen MR) is 63.4 cm³/mol. The molecule has 0 bridgehead atoms. The van der Waals surface area contributed by atoms with Crippen LogP contribution < -0.4 is 16.0 Å². The lowest BCUT2D eigenvalue weighted by Crippen LogP contribution is -2.24. The average molecular weight is 239 g/mol. The Morgan fingerprint density at radius 1 is 1.36 bits per heavy atom. The Morgan fingerprint density at radius 3 is 2.64 bits per heavy atom. The topological polar surface area (TPSA) is 47.3 Å². The highest BCUT2D eigenvalue weighted by Crippen LogP contribution is 2.12. The number of ether oxygens (including phenoxy) is 1. The van der Waals surface area contributed by atoms with Crippen LogP contribution in [-0.4, -0.2) is 13.7 Å². The highest BCUT2D eigenvalue weighted by molar-refractivity contribution is 5.85. The zero-order valence-electron chi connectivity index (χ0n) is 8.03. The number of nitrogens with one attached hydrogen (secondary N) is 1. The molecule has 0 amide bonds. The van der Waals surface area contributed by atoms with Crippen molar-refractivity contribution in [3.05, 3.63) is 29.8 Å². The molecular formula is C9H16Cl2N2O. The van der Waals surface area contributed by atoms with Gasteiger partial charge in [0.05, 0.1) is 7.11 Å². The molecule has 0 aliphatic carbocycles. The van der Waals surface area contributed by atoms with Crippen molar-refractivity contribution < 1.29 is 4.74 Å². The Bertz CT molecular complexity index is 246. The number of methoxy groups -OCH3 is 1. The number of hydrazine groups is 1. The van der Waals surface area contributed by atoms with Crippen molar-refractivity contribution in [3.63, 3.8) is 0 Å². The Labute approximate surface area is 96.8 Å². The first-order valence-corrected chi connectivity index (χ1v) is 3.93. The molecule has 82 valence electrons. The molecule has 0 unspecified atom stereocenters. The second-order valence-corrected chi connectivity index (χ2v) is 2.56. The lowest BCUT2D eigenvalue weighted by atomic mass is 10.1. The van der Waals surface area contributed by atoms with E-state index in [-0.39, 0.29) is 24.8 Å². The van der Waals surface area contributed by atoms with Crippen LogP contribution in [-0.2, 0) is 6.42 Å². The number of rotatable bonds is 4. The van der Waals surface area contributed by atoms with Crippen molar-refractivity contribution in [1.29, 1.82) is 0 Å². The van der Waals surface area contributed by atoms with Crippen LogP contribution >= 0.6 is 24.8 Å². The smallest absolute Gasteiger partial charge is 0.119 e. The fourth-order valence-corrected chi connectivity index (χ4v) is 1.04. The monoisotopic (exact) mass is 238 g/mol. The van der Waals surface area contributed by atoms with E-state index in [2.05, 4.69) is 11.5 Å². The fraction of sp³-hybridized carbons (Fsp3) is 0.333. The molecule has 3 N–H and O–H groups in total. The van der Waals surface area contributed by atoms with E-state index in [0.29, 0.717) is 0 Å². The molecule has 0 aromatic heterocycles. The van der Waals surface area contributed by atoms with Crippen LogP contribution in [0.2, 0.25) is 0 Å². The summed E-state index contributed by atoms with van der Waals surface area (Å²) in [5, 5.41) is 0. The average Bonchev–Trinajstić information content (AvgIpc) is 2.15. The molecule has 3 nitrogen and oxygen atoms in total. The SMILES string of the molecule is COc1cccc(CCNN)c1.Cl.Cl. The minimum atomic E-state index is 0. The summed E-state index contributed by atoms with van der Waals surface area (Å²) in [7, 11) is 1.67. The molecule has 0 saturated carbocycles. The second-order valence-electron chi connectivity index (χ2n) is 2.56. The van der Waals surface area contributed by atoms with Crippen LogP contribution in [0.15, 0.2) is 24.3 Å². The van der Waals surface area contributed by atoms with E-state index in [1.54, 1.807) is 7.11 Å². The van der Waals surface area contributed by atoms with Gasteiger partial charge in [0.1, 0.15) is 5.75 Å². The normalized spacial score (nSPS) is 8.43. The van der Waals surface area contributed by atoms with Crippen molar-refractivity contribution >= 4 is 24.8 Å². The minimum absolute atomic E-state index is 0. The summed E-state index contributed by atoms with van der Waals surface area (Å²) in [5.74, 6) is 6.06. The minimum Gasteiger partial charge on any atom is -0.497 e. The molecule has 0 saturated heterocycles. The molecule has 0 fully saturated rings. The van der Waals surface area contributed by atoms with E-state index in [4.69, 9.17) is 10.6 Å². The zero-order valence-corrected chi connectivity index (χ0v) is 9.66. The summed E-state index contributed by atoms with van der Waals surface area (Å²) in [6.45, 7) is 0.785. The van der Waals surface area contributed by atoms with Gasteiger partial charge in [-0.3, -0.25) is 11.3 Å². The highest BCUT2D eigenvalue weighted by Gasteiger charge is 1.93. The largest absolute Gasteiger partial charge is 0.497 e. The molecule has 0 atom stereocenters. The van der Waals surface area contributed by atoms with E-state index >= 15 is 0 Å². The maximum Gasteiger partial charge on any atom is 0.119 e. The summed E-state index contributed by atoms with van der Waals surface area (Å²) in [6.07, 6.45) is 0.924. The number of hydrogen-bond acceptors (Lipinski definition) is 3. The van der Waals surface area contributed by atoms with Crippen LogP contribution in [0, 0.1) is 0 Å². The Hall–Kier alpha value is -0.480. The van der Waals surface area contributed by atoms with Crippen molar-refractivity contribution in [2.75, 3.05) is 13.7 Å². The van der Waals surface area contributed by atoms with Crippen LogP contribution in [0.25, 0.3) is 0 Å². The molecule has 1 aromatic rings. The predicted octanol–water partition coefficient (Wildman–Crippen LogP) is 1.54. The highest BCUT2D eigenvalue weighted by atomic mass is 35.5. The molecule has 1 aromatic carbocycles. The summed E-state index contributed by atoms with van der Waals surface area (Å²) in [4.78, 5) is 0. The Balaban J connectivity index is 0. The summed E-state index contributed by atoms with van der Waals surface area (Å²) >= 11 is 0. The number of benzene rings is 1. The molecule has 14 heavy (non-hydrogen) atoms. The summed E-state index contributed by atoms with van der Waals surface area (Å²) in [6, 6.07) is 7.97. The van der Waals surface area contributed by atoms with Crippen LogP contribution in [0.5, 0.6) is 5.75 Å². The maximum absolute atomic E-state index is 5.17. The van der Waals surface area contributed by atoms with Gasteiger partial charge >= 0.3 is 0 Å². The van der Waals surface area contributed by atoms with Gasteiger partial charge in [-0.15, -0.1) is 24.8 Å². The molecule has 5 heteroatoms. The molecule has 0 spiro atoms. The quantitative estimate of drug-likeness (QED) is 0.619. The zero-order chi connectivity index (χ0) is 8.81. The van der Waals surface area contributed by atoms with E-state index in [9.17, 15) is 0 Å². The van der Waals surface area contributed by atoms with Crippen LogP contribution in [0.4, 0.5) is 0 Å². The van der Waals surface area contributed by atoms with Crippen molar-refractivity contribution in [3.8, 4) is 5.75 Å². The van der Waals surface area contributed by atoms with Gasteiger partial charge in [-0.05, 0) is 24.1 Å². The van der Waals surface area contributed by atoms with Crippen molar-refractivity contribution in [2.24, 2.45) is 5.84 Å². The van der Waals surface area contributed by atoms with Gasteiger partial charge in [0, 0.05) is 6.54 Å². The van der Waals surface area contributed by atoms with Crippen molar-refractivity contribution in [2.45, 2.75) is 6.42 Å². The van der Waals surface area contributed by atoms with Gasteiger partial charge in [0.15, 0.2) is 0 Å². The third-order valence-electron chi connectivity index (χ3n) is 1.69. The number of hydrogen-bond donors (Lipinski definition) is 2. The van der Waals surface area contributed by atoms with Gasteiger partial charge in [0.2, 0.25) is 0 Å². The summed E-state index contributed by atoms with van der Waals surface area (Å²) < 4.78 is 5.08. The molecule has 0 heterocycles. The first-order chi connectivity index (χ1) is 5.86. The second kappa shape index (κ2) is 9.09. The molecule has 1 rings (SSSR count). The molecule has 0 radical (unpaired) electrons. The molecular weight excluding hydrogens is 223 g/mol. The number of halogens is 2. The fourth-order valence-electron chi connectivity index (χ4n) is 1.04. The lowest BCUT2D eigenvalue weighted by molar-refractivity contribution is 0.414. The van der Waals surface area contributed by atoms with E-state index in [1.807, 2.05) is 18.2 Å². The lowest BCUT2D eigenvalue weighted by Gasteiger charge is -2.03. The maximum atomic E-state index is 5.17. The third kappa shape index (κ3) is 5.29. The Morgan fingerprint density at radius 2 is 2.07 bits per heavy atom. The molecule has 0 aliphatic heterocycles. The van der Waals surface area contributed by atoms with Gasteiger partial charge in [-0.25, -0.2) is 0 Å². The third-order valence-corrected chi connectivity index (χ3v) is 1.69. The van der Waals surface area contributed by atoms with Gasteiger partial charge < -0.3 is 4.74 Å². The van der Waals surface area contributed by atoms with E-state index < -0.39 is 0 Å². The van der Waals surface area contributed by atoms with Gasteiger partial charge in [-0.1, -0.05) is 12.1 Å². The summed E-state index contributed by atoms with van der Waals surface area (Å²) in [5.41, 5.74) is 3.84. The van der Waals surface area contributed by atoms with Gasteiger partial charge in [-0.2, -0.15) is 0 Å². The van der Waals surface area contributed by atoms with Gasteiger partial charge in [0.25, 0.3) is 0 Å². The Kier molecular flexibility index (Phi) is 10.4. The van der Waals surface area contributed by atoms with Crippen molar-refractivity contribution in [1.82, 2.24) is 5.43 Å². The van der Waals surface area contributed by atoms with Crippen LogP contribution in [0.3, 0.4) is 0 Å².